The molecule has 176 valence electrons. The summed E-state index contributed by atoms with van der Waals surface area (Å²) in [5.74, 6) is 1.49. The zero-order valence-corrected chi connectivity index (χ0v) is 19.5. The molecular formula is C28H31FN4O. The van der Waals surface area contributed by atoms with E-state index < -0.39 is 0 Å². The number of piperidine rings is 1. The molecule has 1 aliphatic carbocycles. The van der Waals surface area contributed by atoms with Crippen molar-refractivity contribution in [3.05, 3.63) is 83.1 Å². The van der Waals surface area contributed by atoms with Crippen LogP contribution in [0.15, 0.2) is 54.9 Å². The van der Waals surface area contributed by atoms with Gasteiger partial charge in [-0.05, 0) is 99.5 Å². The summed E-state index contributed by atoms with van der Waals surface area (Å²) in [6.07, 6.45) is 8.48. The Morgan fingerprint density at radius 3 is 2.68 bits per heavy atom. The molecule has 5 rings (SSSR count). The van der Waals surface area contributed by atoms with E-state index in [9.17, 15) is 9.18 Å². The number of carbonyl (C=O) groups excluding carboxylic acids is 1. The van der Waals surface area contributed by atoms with E-state index in [0.29, 0.717) is 12.3 Å². The number of benzene rings is 2. The lowest BCUT2D eigenvalue weighted by Gasteiger charge is -2.32. The monoisotopic (exact) mass is 458 g/mol. The van der Waals surface area contributed by atoms with Gasteiger partial charge >= 0.3 is 0 Å². The maximum absolute atomic E-state index is 13.4. The molecule has 0 saturated carbocycles. The normalized spacial score (nSPS) is 16.4. The van der Waals surface area contributed by atoms with Gasteiger partial charge in [-0.2, -0.15) is 0 Å². The molecule has 6 heteroatoms. The first-order chi connectivity index (χ1) is 16.6. The van der Waals surface area contributed by atoms with Crippen LogP contribution in [-0.2, 0) is 19.4 Å². The highest BCUT2D eigenvalue weighted by atomic mass is 19.1. The van der Waals surface area contributed by atoms with Crippen LogP contribution in [0.25, 0.3) is 0 Å². The Hall–Kier alpha value is -3.12. The van der Waals surface area contributed by atoms with Gasteiger partial charge in [0.2, 0.25) is 0 Å². The predicted octanol–water partition coefficient (Wildman–Crippen LogP) is 5.72. The molecule has 34 heavy (non-hydrogen) atoms. The third kappa shape index (κ3) is 5.50. The molecule has 0 amide bonds. The lowest BCUT2D eigenvalue weighted by atomic mass is 9.90. The topological polar surface area (TPSA) is 58.1 Å². The SMILES string of the molecule is O=C(CCC1CCN(Cc2cccc(F)c2)CC1)c1ccc(Nc2ncnc3c2CCC3)cc1. The number of nitrogens with zero attached hydrogens (tertiary/aromatic N) is 3. The number of rotatable bonds is 8. The minimum atomic E-state index is -0.174. The van der Waals surface area contributed by atoms with Gasteiger partial charge in [0.05, 0.1) is 0 Å². The van der Waals surface area contributed by atoms with Crippen LogP contribution in [0.5, 0.6) is 0 Å². The second-order valence-corrected chi connectivity index (χ2v) is 9.51. The average molecular weight is 459 g/mol. The number of ketones is 1. The number of likely N-dealkylation sites (tertiary alicyclic amines) is 1. The van der Waals surface area contributed by atoms with Crippen molar-refractivity contribution >= 4 is 17.3 Å². The molecule has 0 spiro atoms. The molecule has 2 heterocycles. The summed E-state index contributed by atoms with van der Waals surface area (Å²) in [4.78, 5) is 23.9. The third-order valence-corrected chi connectivity index (χ3v) is 7.13. The smallest absolute Gasteiger partial charge is 0.162 e. The van der Waals surface area contributed by atoms with Gasteiger partial charge in [-0.1, -0.05) is 12.1 Å². The molecule has 2 aromatic carbocycles. The molecule has 0 unspecified atom stereocenters. The minimum absolute atomic E-state index is 0.174. The van der Waals surface area contributed by atoms with Gasteiger partial charge in [-0.15, -0.1) is 0 Å². The Morgan fingerprint density at radius 1 is 1.06 bits per heavy atom. The van der Waals surface area contributed by atoms with E-state index >= 15 is 0 Å². The second kappa shape index (κ2) is 10.4. The molecule has 3 aromatic rings. The van der Waals surface area contributed by atoms with E-state index in [1.807, 2.05) is 30.3 Å². The fourth-order valence-electron chi connectivity index (χ4n) is 5.15. The van der Waals surface area contributed by atoms with E-state index in [2.05, 4.69) is 20.2 Å². The number of aromatic nitrogens is 2. The van der Waals surface area contributed by atoms with Crippen molar-refractivity contribution in [3.63, 3.8) is 0 Å². The van der Waals surface area contributed by atoms with Crippen LogP contribution in [0, 0.1) is 11.7 Å². The molecule has 1 aliphatic heterocycles. The predicted molar refractivity (Wildman–Crippen MR) is 132 cm³/mol. The maximum atomic E-state index is 13.4. The summed E-state index contributed by atoms with van der Waals surface area (Å²) in [5.41, 5.74) is 5.08. The molecule has 1 saturated heterocycles. The Balaban J connectivity index is 1.08. The Kier molecular flexibility index (Phi) is 6.95. The van der Waals surface area contributed by atoms with Gasteiger partial charge in [0.15, 0.2) is 5.78 Å². The van der Waals surface area contributed by atoms with E-state index in [1.54, 1.807) is 18.5 Å². The number of aryl methyl sites for hydroxylation is 1. The van der Waals surface area contributed by atoms with Gasteiger partial charge in [0.1, 0.15) is 18.0 Å². The molecule has 1 N–H and O–H groups in total. The highest BCUT2D eigenvalue weighted by molar-refractivity contribution is 5.96. The first kappa shape index (κ1) is 22.7. The van der Waals surface area contributed by atoms with Crippen molar-refractivity contribution in [2.75, 3.05) is 18.4 Å². The number of halogens is 1. The van der Waals surface area contributed by atoms with E-state index in [1.165, 1.54) is 11.6 Å². The third-order valence-electron chi connectivity index (χ3n) is 7.13. The van der Waals surface area contributed by atoms with E-state index in [4.69, 9.17) is 0 Å². The molecule has 5 nitrogen and oxygen atoms in total. The zero-order chi connectivity index (χ0) is 23.3. The van der Waals surface area contributed by atoms with Crippen molar-refractivity contribution in [2.24, 2.45) is 5.92 Å². The molecule has 1 fully saturated rings. The zero-order valence-electron chi connectivity index (χ0n) is 19.5. The summed E-state index contributed by atoms with van der Waals surface area (Å²) in [6.45, 7) is 2.80. The number of carbonyl (C=O) groups is 1. The summed E-state index contributed by atoms with van der Waals surface area (Å²) < 4.78 is 13.4. The maximum Gasteiger partial charge on any atom is 0.162 e. The Labute approximate surface area is 200 Å². The molecule has 0 radical (unpaired) electrons. The standard InChI is InChI=1S/C28H31FN4O/c29-23-4-1-3-21(17-23)18-33-15-13-20(14-16-33)7-12-27(34)22-8-10-24(11-9-22)32-28-25-5-2-6-26(25)30-19-31-28/h1,3-4,8-11,17,19-20H,2,5-7,12-16,18H2,(H,30,31,32). The fraction of sp³-hybridized carbons (Fsp3) is 0.393. The van der Waals surface area contributed by atoms with Crippen molar-refractivity contribution in [1.29, 1.82) is 0 Å². The van der Waals surface area contributed by atoms with Gasteiger partial charge in [0.25, 0.3) is 0 Å². The molecular weight excluding hydrogens is 427 g/mol. The van der Waals surface area contributed by atoms with Gasteiger partial charge in [0, 0.05) is 35.5 Å². The van der Waals surface area contributed by atoms with Crippen LogP contribution in [0.4, 0.5) is 15.9 Å². The van der Waals surface area contributed by atoms with Gasteiger partial charge in [-0.25, -0.2) is 14.4 Å². The molecule has 2 aliphatic rings. The quantitative estimate of drug-likeness (QED) is 0.437. The number of Topliss-reactive ketones (excluding diaryl/α,β-unsaturated/α-hetero) is 1. The molecule has 0 atom stereocenters. The van der Waals surface area contributed by atoms with E-state index in [0.717, 1.165) is 86.5 Å². The number of fused-ring (bicyclic) bond motifs is 1. The summed E-state index contributed by atoms with van der Waals surface area (Å²) in [6, 6.07) is 14.6. The van der Waals surface area contributed by atoms with Crippen LogP contribution in [0.2, 0.25) is 0 Å². The number of hydrogen-bond donors (Lipinski definition) is 1. The molecule has 1 aromatic heterocycles. The number of anilines is 2. The number of nitrogens with one attached hydrogen (secondary N) is 1. The second-order valence-electron chi connectivity index (χ2n) is 9.51. The van der Waals surface area contributed by atoms with Crippen LogP contribution < -0.4 is 5.32 Å². The van der Waals surface area contributed by atoms with E-state index in [-0.39, 0.29) is 11.6 Å². The summed E-state index contributed by atoms with van der Waals surface area (Å²) >= 11 is 0. The van der Waals surface area contributed by atoms with Crippen molar-refractivity contribution < 1.29 is 9.18 Å². The van der Waals surface area contributed by atoms with Crippen LogP contribution in [0.3, 0.4) is 0 Å². The lowest BCUT2D eigenvalue weighted by molar-refractivity contribution is 0.0961. The van der Waals surface area contributed by atoms with Gasteiger partial charge in [-0.3, -0.25) is 9.69 Å². The van der Waals surface area contributed by atoms with Crippen LogP contribution in [-0.4, -0.2) is 33.7 Å². The van der Waals surface area contributed by atoms with Crippen molar-refractivity contribution in [2.45, 2.75) is 51.5 Å². The Morgan fingerprint density at radius 2 is 1.88 bits per heavy atom. The first-order valence-electron chi connectivity index (χ1n) is 12.3. The fourth-order valence-corrected chi connectivity index (χ4v) is 5.15. The van der Waals surface area contributed by atoms with Gasteiger partial charge < -0.3 is 5.32 Å². The minimum Gasteiger partial charge on any atom is -0.340 e. The number of hydrogen-bond acceptors (Lipinski definition) is 5. The highest BCUT2D eigenvalue weighted by Gasteiger charge is 2.21. The Bertz CT molecular complexity index is 1140. The average Bonchev–Trinajstić information content (AvgIpc) is 3.34. The largest absolute Gasteiger partial charge is 0.340 e. The summed E-state index contributed by atoms with van der Waals surface area (Å²) in [7, 11) is 0. The lowest BCUT2D eigenvalue weighted by Crippen LogP contribution is -2.33. The van der Waals surface area contributed by atoms with Crippen LogP contribution in [0.1, 0.15) is 59.3 Å². The van der Waals surface area contributed by atoms with Crippen molar-refractivity contribution in [3.8, 4) is 0 Å². The highest BCUT2D eigenvalue weighted by Crippen LogP contribution is 2.28. The first-order valence-corrected chi connectivity index (χ1v) is 12.3. The molecule has 0 bridgehead atoms. The van der Waals surface area contributed by atoms with Crippen LogP contribution >= 0.6 is 0 Å². The van der Waals surface area contributed by atoms with Crippen molar-refractivity contribution in [1.82, 2.24) is 14.9 Å². The summed E-state index contributed by atoms with van der Waals surface area (Å²) in [5, 5.41) is 3.39.